The smallest absolute Gasteiger partial charge is 0.158 e. The van der Waals surface area contributed by atoms with Crippen LogP contribution >= 0.6 is 0 Å². The topological polar surface area (TPSA) is 17.1 Å². The van der Waals surface area contributed by atoms with Crippen molar-refractivity contribution in [1.82, 2.24) is 0 Å². The lowest BCUT2D eigenvalue weighted by atomic mass is 10.1. The van der Waals surface area contributed by atoms with Crippen LogP contribution in [0, 0.1) is 0 Å². The summed E-state index contributed by atoms with van der Waals surface area (Å²) in [6.45, 7) is 2.22. The lowest BCUT2D eigenvalue weighted by molar-refractivity contribution is -0.114. The van der Waals surface area contributed by atoms with Gasteiger partial charge in [0.1, 0.15) is 0 Å². The van der Waals surface area contributed by atoms with Crippen LogP contribution in [0.2, 0.25) is 0 Å². The van der Waals surface area contributed by atoms with Gasteiger partial charge in [0.2, 0.25) is 0 Å². The molecule has 1 rings (SSSR count). The van der Waals surface area contributed by atoms with Gasteiger partial charge >= 0.3 is 0 Å². The molecule has 0 N–H and O–H groups in total. The summed E-state index contributed by atoms with van der Waals surface area (Å²) in [6, 6.07) is 0. The second kappa shape index (κ2) is 5.95. The van der Waals surface area contributed by atoms with Gasteiger partial charge in [0.25, 0.3) is 0 Å². The molecule has 1 fully saturated rings. The molecule has 0 aromatic rings. The lowest BCUT2D eigenvalue weighted by Gasteiger charge is -1.96. The molecule has 0 amide bonds. The van der Waals surface area contributed by atoms with Crippen LogP contribution in [-0.2, 0) is 4.79 Å². The van der Waals surface area contributed by atoms with Crippen LogP contribution in [-0.4, -0.2) is 5.78 Å². The van der Waals surface area contributed by atoms with Gasteiger partial charge in [0.05, 0.1) is 0 Å². The van der Waals surface area contributed by atoms with Gasteiger partial charge in [0, 0.05) is 6.42 Å². The zero-order valence-corrected chi connectivity index (χ0v) is 8.64. The standard InChI is InChI=1S/C12H20O/c1-2-3-4-5-6-8-11-9-7-10-12(11)13/h8H,2-7,9-10H2,1H3. The number of rotatable bonds is 5. The number of hydrogen-bond donors (Lipinski definition) is 0. The van der Waals surface area contributed by atoms with Crippen molar-refractivity contribution in [1.29, 1.82) is 0 Å². The van der Waals surface area contributed by atoms with E-state index >= 15 is 0 Å². The van der Waals surface area contributed by atoms with Gasteiger partial charge in [-0.1, -0.05) is 32.3 Å². The first-order valence-corrected chi connectivity index (χ1v) is 5.57. The highest BCUT2D eigenvalue weighted by Crippen LogP contribution is 2.21. The van der Waals surface area contributed by atoms with Gasteiger partial charge in [-0.3, -0.25) is 4.79 Å². The first-order valence-electron chi connectivity index (χ1n) is 5.57. The molecule has 0 heterocycles. The van der Waals surface area contributed by atoms with Crippen LogP contribution in [0.1, 0.15) is 58.3 Å². The summed E-state index contributed by atoms with van der Waals surface area (Å²) in [6.07, 6.45) is 11.4. The molecule has 0 bridgehead atoms. The maximum Gasteiger partial charge on any atom is 0.158 e. The van der Waals surface area contributed by atoms with Crippen LogP contribution in [0.5, 0.6) is 0 Å². The first-order chi connectivity index (χ1) is 6.34. The molecule has 0 radical (unpaired) electrons. The van der Waals surface area contributed by atoms with E-state index in [4.69, 9.17) is 0 Å². The van der Waals surface area contributed by atoms with E-state index in [1.165, 1.54) is 25.7 Å². The van der Waals surface area contributed by atoms with Gasteiger partial charge in [-0.15, -0.1) is 0 Å². The molecule has 1 saturated carbocycles. The molecular weight excluding hydrogens is 160 g/mol. The minimum absolute atomic E-state index is 0.399. The van der Waals surface area contributed by atoms with E-state index in [0.29, 0.717) is 5.78 Å². The molecule has 1 heteroatoms. The Morgan fingerprint density at radius 3 is 2.69 bits per heavy atom. The van der Waals surface area contributed by atoms with Gasteiger partial charge in [-0.25, -0.2) is 0 Å². The predicted octanol–water partition coefficient (Wildman–Crippen LogP) is 3.64. The Labute approximate surface area is 81.2 Å². The number of hydrogen-bond acceptors (Lipinski definition) is 1. The maximum atomic E-state index is 11.2. The van der Waals surface area contributed by atoms with Crippen molar-refractivity contribution in [2.24, 2.45) is 0 Å². The third-order valence-corrected chi connectivity index (χ3v) is 2.66. The normalized spacial score (nSPS) is 20.1. The number of carbonyl (C=O) groups is 1. The first kappa shape index (κ1) is 10.5. The third kappa shape index (κ3) is 3.75. The molecule has 0 spiro atoms. The summed E-state index contributed by atoms with van der Waals surface area (Å²) < 4.78 is 0. The maximum absolute atomic E-state index is 11.2. The highest BCUT2D eigenvalue weighted by Gasteiger charge is 2.15. The molecule has 1 aliphatic carbocycles. The van der Waals surface area contributed by atoms with E-state index in [1.807, 2.05) is 0 Å². The Balaban J connectivity index is 2.12. The summed E-state index contributed by atoms with van der Waals surface area (Å²) in [4.78, 5) is 11.2. The fraction of sp³-hybridized carbons (Fsp3) is 0.750. The van der Waals surface area contributed by atoms with Crippen LogP contribution in [0.4, 0.5) is 0 Å². The van der Waals surface area contributed by atoms with Gasteiger partial charge < -0.3 is 0 Å². The minimum Gasteiger partial charge on any atom is -0.295 e. The van der Waals surface area contributed by atoms with Crippen LogP contribution in [0.25, 0.3) is 0 Å². The van der Waals surface area contributed by atoms with Crippen molar-refractivity contribution in [2.75, 3.05) is 0 Å². The fourth-order valence-corrected chi connectivity index (χ4v) is 1.80. The van der Waals surface area contributed by atoms with Crippen LogP contribution in [0.15, 0.2) is 11.6 Å². The number of allylic oxidation sites excluding steroid dienone is 2. The van der Waals surface area contributed by atoms with E-state index in [2.05, 4.69) is 13.0 Å². The minimum atomic E-state index is 0.399. The van der Waals surface area contributed by atoms with Gasteiger partial charge in [0.15, 0.2) is 5.78 Å². The van der Waals surface area contributed by atoms with E-state index in [0.717, 1.165) is 31.3 Å². The van der Waals surface area contributed by atoms with Crippen molar-refractivity contribution >= 4 is 5.78 Å². The average Bonchev–Trinajstić information content (AvgIpc) is 2.52. The molecule has 0 aromatic heterocycles. The zero-order valence-electron chi connectivity index (χ0n) is 8.64. The fourth-order valence-electron chi connectivity index (χ4n) is 1.80. The molecular formula is C12H20O. The number of Topliss-reactive ketones (excluding diaryl/α,β-unsaturated/α-hetero) is 1. The number of carbonyl (C=O) groups excluding carboxylic acids is 1. The Kier molecular flexibility index (Phi) is 4.81. The summed E-state index contributed by atoms with van der Waals surface area (Å²) in [5, 5.41) is 0. The largest absolute Gasteiger partial charge is 0.295 e. The van der Waals surface area contributed by atoms with Crippen molar-refractivity contribution in [3.63, 3.8) is 0 Å². The van der Waals surface area contributed by atoms with Crippen LogP contribution in [0.3, 0.4) is 0 Å². The van der Waals surface area contributed by atoms with Crippen molar-refractivity contribution in [3.8, 4) is 0 Å². The molecule has 0 aromatic carbocycles. The van der Waals surface area contributed by atoms with E-state index in [9.17, 15) is 4.79 Å². The third-order valence-electron chi connectivity index (χ3n) is 2.66. The Hall–Kier alpha value is -0.590. The second-order valence-electron chi connectivity index (χ2n) is 3.86. The molecule has 1 aliphatic rings. The quantitative estimate of drug-likeness (QED) is 0.466. The summed E-state index contributed by atoms with van der Waals surface area (Å²) in [7, 11) is 0. The molecule has 0 atom stereocenters. The van der Waals surface area contributed by atoms with Gasteiger partial charge in [-0.2, -0.15) is 0 Å². The Bertz CT molecular complexity index is 191. The summed E-state index contributed by atoms with van der Waals surface area (Å²) in [5.41, 5.74) is 1.11. The SMILES string of the molecule is CCCCCCC=C1CCCC1=O. The van der Waals surface area contributed by atoms with E-state index in [-0.39, 0.29) is 0 Å². The Morgan fingerprint density at radius 1 is 1.23 bits per heavy atom. The molecule has 74 valence electrons. The summed E-state index contributed by atoms with van der Waals surface area (Å²) in [5.74, 6) is 0.399. The second-order valence-corrected chi connectivity index (χ2v) is 3.86. The molecule has 0 aliphatic heterocycles. The number of ketones is 1. The van der Waals surface area contributed by atoms with Crippen molar-refractivity contribution < 1.29 is 4.79 Å². The summed E-state index contributed by atoms with van der Waals surface area (Å²) >= 11 is 0. The average molecular weight is 180 g/mol. The molecule has 0 unspecified atom stereocenters. The van der Waals surface area contributed by atoms with Gasteiger partial charge in [-0.05, 0) is 31.3 Å². The zero-order chi connectivity index (χ0) is 9.52. The monoisotopic (exact) mass is 180 g/mol. The molecule has 1 nitrogen and oxygen atoms in total. The molecule has 13 heavy (non-hydrogen) atoms. The predicted molar refractivity (Wildman–Crippen MR) is 55.7 cm³/mol. The Morgan fingerprint density at radius 2 is 2.08 bits per heavy atom. The van der Waals surface area contributed by atoms with E-state index < -0.39 is 0 Å². The van der Waals surface area contributed by atoms with Crippen LogP contribution < -0.4 is 0 Å². The number of unbranched alkanes of at least 4 members (excludes halogenated alkanes) is 4. The highest BCUT2D eigenvalue weighted by atomic mass is 16.1. The van der Waals surface area contributed by atoms with Crippen molar-refractivity contribution in [2.45, 2.75) is 58.3 Å². The van der Waals surface area contributed by atoms with E-state index in [1.54, 1.807) is 0 Å². The lowest BCUT2D eigenvalue weighted by Crippen LogP contribution is -1.90. The highest BCUT2D eigenvalue weighted by molar-refractivity contribution is 5.97. The molecule has 0 saturated heterocycles. The van der Waals surface area contributed by atoms with Crippen molar-refractivity contribution in [3.05, 3.63) is 11.6 Å².